The average Bonchev–Trinajstić information content (AvgIpc) is 3.04. The van der Waals surface area contributed by atoms with Crippen LogP contribution in [-0.2, 0) is 4.79 Å². The molecular weight excluding hydrogens is 202 g/mol. The lowest BCUT2D eigenvalue weighted by Crippen LogP contribution is -2.37. The monoisotopic (exact) mass is 211 g/mol. The molecule has 3 heteroatoms. The second-order valence-electron chi connectivity index (χ2n) is 4.64. The third-order valence-electron chi connectivity index (χ3n) is 3.70. The molecule has 1 saturated carbocycles. The second-order valence-corrected chi connectivity index (χ2v) is 4.64. The van der Waals surface area contributed by atoms with E-state index in [-0.39, 0.29) is 11.8 Å². The Morgan fingerprint density at radius 3 is 2.94 bits per heavy atom. The summed E-state index contributed by atoms with van der Waals surface area (Å²) in [6.45, 7) is 0. The number of carbonyl (C=O) groups is 2. The molecule has 0 bridgehead atoms. The first-order valence-corrected chi connectivity index (χ1v) is 5.46. The summed E-state index contributed by atoms with van der Waals surface area (Å²) in [6, 6.07) is 5.74. The van der Waals surface area contributed by atoms with Crippen molar-refractivity contribution in [2.45, 2.75) is 12.3 Å². The SMILES string of the molecule is O=C1NC(=O)c2cccc3c2C1=CC1CC31. The van der Waals surface area contributed by atoms with Gasteiger partial charge in [-0.1, -0.05) is 18.2 Å². The van der Waals surface area contributed by atoms with Crippen LogP contribution in [0.2, 0.25) is 0 Å². The van der Waals surface area contributed by atoms with Crippen molar-refractivity contribution in [3.63, 3.8) is 0 Å². The number of fused-ring (bicyclic) bond motifs is 2. The first kappa shape index (κ1) is 8.28. The molecule has 2 amide bonds. The van der Waals surface area contributed by atoms with Crippen molar-refractivity contribution < 1.29 is 9.59 Å². The van der Waals surface area contributed by atoms with E-state index in [0.29, 0.717) is 23.0 Å². The van der Waals surface area contributed by atoms with Crippen molar-refractivity contribution in [1.29, 1.82) is 0 Å². The summed E-state index contributed by atoms with van der Waals surface area (Å²) in [6.07, 6.45) is 3.14. The summed E-state index contributed by atoms with van der Waals surface area (Å²) in [7, 11) is 0. The van der Waals surface area contributed by atoms with Gasteiger partial charge in [-0.15, -0.1) is 0 Å². The van der Waals surface area contributed by atoms with Gasteiger partial charge in [0.25, 0.3) is 11.8 Å². The summed E-state index contributed by atoms with van der Waals surface area (Å²) < 4.78 is 0. The molecule has 1 aliphatic heterocycles. The van der Waals surface area contributed by atoms with Gasteiger partial charge in [0.1, 0.15) is 0 Å². The van der Waals surface area contributed by atoms with Crippen LogP contribution in [0.15, 0.2) is 24.3 Å². The Balaban J connectivity index is 2.10. The first-order chi connectivity index (χ1) is 7.75. The summed E-state index contributed by atoms with van der Waals surface area (Å²) in [4.78, 5) is 23.4. The maximum atomic E-state index is 11.7. The minimum atomic E-state index is -0.266. The van der Waals surface area contributed by atoms with Crippen LogP contribution >= 0.6 is 0 Å². The molecule has 1 aromatic carbocycles. The average molecular weight is 211 g/mol. The molecule has 4 rings (SSSR count). The number of amides is 2. The van der Waals surface area contributed by atoms with Crippen molar-refractivity contribution in [1.82, 2.24) is 5.32 Å². The summed E-state index contributed by atoms with van der Waals surface area (Å²) >= 11 is 0. The van der Waals surface area contributed by atoms with Crippen LogP contribution in [0.5, 0.6) is 0 Å². The maximum absolute atomic E-state index is 11.7. The number of imide groups is 1. The Morgan fingerprint density at radius 2 is 2.06 bits per heavy atom. The van der Waals surface area contributed by atoms with Gasteiger partial charge in [-0.05, 0) is 29.9 Å². The maximum Gasteiger partial charge on any atom is 0.258 e. The van der Waals surface area contributed by atoms with Gasteiger partial charge in [-0.2, -0.15) is 0 Å². The van der Waals surface area contributed by atoms with Gasteiger partial charge < -0.3 is 0 Å². The quantitative estimate of drug-likeness (QED) is 0.660. The lowest BCUT2D eigenvalue weighted by molar-refractivity contribution is -0.114. The van der Waals surface area contributed by atoms with Gasteiger partial charge in [0.2, 0.25) is 0 Å². The molecule has 3 nitrogen and oxygen atoms in total. The van der Waals surface area contributed by atoms with E-state index in [1.165, 1.54) is 5.56 Å². The van der Waals surface area contributed by atoms with Crippen LogP contribution in [0.3, 0.4) is 0 Å². The third kappa shape index (κ3) is 0.841. The molecule has 0 spiro atoms. The zero-order valence-corrected chi connectivity index (χ0v) is 8.49. The van der Waals surface area contributed by atoms with Gasteiger partial charge in [0.05, 0.1) is 0 Å². The Labute approximate surface area is 92.2 Å². The van der Waals surface area contributed by atoms with Crippen LogP contribution in [0.4, 0.5) is 0 Å². The van der Waals surface area contributed by atoms with Crippen molar-refractivity contribution in [3.8, 4) is 0 Å². The highest BCUT2D eigenvalue weighted by atomic mass is 16.2. The van der Waals surface area contributed by atoms with Crippen molar-refractivity contribution in [2.24, 2.45) is 5.92 Å². The summed E-state index contributed by atoms with van der Waals surface area (Å²) in [5.41, 5.74) is 3.41. The van der Waals surface area contributed by atoms with Gasteiger partial charge in [-0.25, -0.2) is 0 Å². The molecule has 78 valence electrons. The molecular formula is C13H9NO2. The lowest BCUT2D eigenvalue weighted by atomic mass is 9.84. The number of nitrogens with one attached hydrogen (secondary N) is 1. The largest absolute Gasteiger partial charge is 0.288 e. The Bertz CT molecular complexity index is 586. The molecule has 1 N–H and O–H groups in total. The number of rotatable bonds is 0. The molecule has 16 heavy (non-hydrogen) atoms. The molecule has 2 atom stereocenters. The Kier molecular flexibility index (Phi) is 1.26. The van der Waals surface area contributed by atoms with Crippen LogP contribution in [-0.4, -0.2) is 11.8 Å². The van der Waals surface area contributed by atoms with E-state index in [0.717, 1.165) is 12.0 Å². The van der Waals surface area contributed by atoms with Crippen molar-refractivity contribution >= 4 is 17.4 Å². The molecule has 2 unspecified atom stereocenters. The topological polar surface area (TPSA) is 46.2 Å². The smallest absolute Gasteiger partial charge is 0.258 e. The predicted octanol–water partition coefficient (Wildman–Crippen LogP) is 1.46. The molecule has 0 radical (unpaired) electrons. The van der Waals surface area contributed by atoms with E-state index in [2.05, 4.69) is 5.32 Å². The Hall–Kier alpha value is -1.90. The number of carbonyl (C=O) groups excluding carboxylic acids is 2. The third-order valence-corrected chi connectivity index (χ3v) is 3.70. The zero-order chi connectivity index (χ0) is 10.9. The van der Waals surface area contributed by atoms with E-state index < -0.39 is 0 Å². The van der Waals surface area contributed by atoms with E-state index in [4.69, 9.17) is 0 Å². The molecule has 0 saturated heterocycles. The zero-order valence-electron chi connectivity index (χ0n) is 8.49. The predicted molar refractivity (Wildman–Crippen MR) is 57.7 cm³/mol. The highest BCUT2D eigenvalue weighted by Gasteiger charge is 2.45. The van der Waals surface area contributed by atoms with E-state index in [1.807, 2.05) is 18.2 Å². The van der Waals surface area contributed by atoms with Gasteiger partial charge in [0, 0.05) is 16.7 Å². The van der Waals surface area contributed by atoms with E-state index in [9.17, 15) is 9.59 Å². The highest BCUT2D eigenvalue weighted by Crippen LogP contribution is 2.55. The fraction of sp³-hybridized carbons (Fsp3) is 0.231. The van der Waals surface area contributed by atoms with Gasteiger partial charge >= 0.3 is 0 Å². The molecule has 0 aromatic heterocycles. The lowest BCUT2D eigenvalue weighted by Gasteiger charge is -2.23. The molecule has 2 aliphatic carbocycles. The first-order valence-electron chi connectivity index (χ1n) is 5.46. The summed E-state index contributed by atoms with van der Waals surface area (Å²) in [5.74, 6) is 0.544. The number of hydrogen-bond acceptors (Lipinski definition) is 2. The fourth-order valence-electron chi connectivity index (χ4n) is 2.85. The minimum absolute atomic E-state index is 0.240. The van der Waals surface area contributed by atoms with Crippen molar-refractivity contribution in [3.05, 3.63) is 41.0 Å². The van der Waals surface area contributed by atoms with Crippen LogP contribution in [0.25, 0.3) is 5.57 Å². The number of allylic oxidation sites excluding steroid dienone is 1. The fourth-order valence-corrected chi connectivity index (χ4v) is 2.85. The van der Waals surface area contributed by atoms with Crippen LogP contribution in [0, 0.1) is 5.92 Å². The second kappa shape index (κ2) is 2.43. The highest BCUT2D eigenvalue weighted by molar-refractivity contribution is 6.31. The van der Waals surface area contributed by atoms with Crippen LogP contribution < -0.4 is 5.32 Å². The Morgan fingerprint density at radius 1 is 1.19 bits per heavy atom. The van der Waals surface area contributed by atoms with E-state index in [1.54, 1.807) is 6.07 Å². The molecule has 1 aromatic rings. The molecule has 1 heterocycles. The van der Waals surface area contributed by atoms with Crippen LogP contribution in [0.1, 0.15) is 33.8 Å². The van der Waals surface area contributed by atoms with E-state index >= 15 is 0 Å². The number of hydrogen-bond donors (Lipinski definition) is 1. The molecule has 3 aliphatic rings. The summed E-state index contributed by atoms with van der Waals surface area (Å²) in [5, 5.41) is 2.39. The standard InChI is InChI=1S/C13H9NO2/c15-12-8-3-1-2-7-9-4-6(9)5-10(11(7)8)13(16)14-12/h1-3,5-6,9H,4H2,(H,14,15,16). The molecule has 1 fully saturated rings. The number of benzene rings is 1. The minimum Gasteiger partial charge on any atom is -0.288 e. The van der Waals surface area contributed by atoms with Gasteiger partial charge in [0.15, 0.2) is 0 Å². The normalized spacial score (nSPS) is 28.9. The van der Waals surface area contributed by atoms with Gasteiger partial charge in [-0.3, -0.25) is 14.9 Å². The van der Waals surface area contributed by atoms with Crippen molar-refractivity contribution in [2.75, 3.05) is 0 Å².